The van der Waals surface area contributed by atoms with E-state index in [2.05, 4.69) is 0 Å². The molecule has 0 atom stereocenters. The van der Waals surface area contributed by atoms with Crippen molar-refractivity contribution in [3.05, 3.63) is 35.5 Å². The molecule has 7 nitrogen and oxygen atoms in total. The minimum absolute atomic E-state index is 0.0208. The lowest BCUT2D eigenvalue weighted by atomic mass is 10.0. The molecule has 0 aromatic heterocycles. The highest BCUT2D eigenvalue weighted by molar-refractivity contribution is 6.35. The predicted octanol–water partition coefficient (Wildman–Crippen LogP) is 1.90. The largest absolute Gasteiger partial charge is 0.494 e. The lowest BCUT2D eigenvalue weighted by molar-refractivity contribution is -0.138. The number of rotatable bonds is 11. The molecule has 0 saturated heterocycles. The fraction of sp³-hybridized carbons (Fsp3) is 0.524. The molecule has 1 aliphatic heterocycles. The van der Waals surface area contributed by atoms with Crippen LogP contribution in [-0.2, 0) is 14.3 Å². The van der Waals surface area contributed by atoms with Crippen molar-refractivity contribution in [2.24, 2.45) is 0 Å². The summed E-state index contributed by atoms with van der Waals surface area (Å²) in [5.74, 6) is 0.00409. The van der Waals surface area contributed by atoms with Crippen LogP contribution in [0.2, 0.25) is 0 Å². The van der Waals surface area contributed by atoms with Gasteiger partial charge < -0.3 is 19.5 Å². The van der Waals surface area contributed by atoms with Crippen LogP contribution in [0.4, 0.5) is 0 Å². The highest BCUT2D eigenvalue weighted by atomic mass is 16.5. The molecule has 0 aliphatic carbocycles. The average molecular weight is 390 g/mol. The SMILES string of the molecule is CCCOc1ccc(C2=C(N(C)CCO)C(=O)N(CCOC(C)C)C2=O)cc1. The number of ether oxygens (including phenoxy) is 2. The standard InChI is InChI=1S/C21H30N2O5/c1-5-13-28-17-8-6-16(7-9-17)18-19(22(4)10-12-24)21(26)23(20(18)25)11-14-27-15(2)3/h6-9,15,24H,5,10-14H2,1-4H3. The Morgan fingerprint density at radius 1 is 1.11 bits per heavy atom. The van der Waals surface area contributed by atoms with Crippen molar-refractivity contribution in [3.8, 4) is 5.75 Å². The van der Waals surface area contributed by atoms with E-state index < -0.39 is 0 Å². The van der Waals surface area contributed by atoms with Crippen LogP contribution in [0, 0.1) is 0 Å². The number of nitrogens with zero attached hydrogens (tertiary/aromatic N) is 2. The molecular formula is C21H30N2O5. The van der Waals surface area contributed by atoms with Gasteiger partial charge in [0.15, 0.2) is 0 Å². The second-order valence-electron chi connectivity index (χ2n) is 6.92. The minimum atomic E-state index is -0.366. The Morgan fingerprint density at radius 2 is 1.79 bits per heavy atom. The van der Waals surface area contributed by atoms with E-state index in [1.54, 1.807) is 36.2 Å². The number of likely N-dealkylation sites (N-methyl/N-ethyl adjacent to an activating group) is 1. The smallest absolute Gasteiger partial charge is 0.277 e. The van der Waals surface area contributed by atoms with Crippen molar-refractivity contribution < 1.29 is 24.2 Å². The summed E-state index contributed by atoms with van der Waals surface area (Å²) in [4.78, 5) is 28.8. The van der Waals surface area contributed by atoms with Crippen molar-refractivity contribution in [3.63, 3.8) is 0 Å². The van der Waals surface area contributed by atoms with Gasteiger partial charge in [0, 0.05) is 13.6 Å². The van der Waals surface area contributed by atoms with Crippen LogP contribution in [0.1, 0.15) is 32.8 Å². The van der Waals surface area contributed by atoms with E-state index in [1.165, 1.54) is 4.90 Å². The monoisotopic (exact) mass is 390 g/mol. The molecule has 2 amide bonds. The van der Waals surface area contributed by atoms with Crippen LogP contribution in [-0.4, -0.2) is 72.8 Å². The van der Waals surface area contributed by atoms with E-state index in [4.69, 9.17) is 9.47 Å². The topological polar surface area (TPSA) is 79.3 Å². The van der Waals surface area contributed by atoms with E-state index in [-0.39, 0.29) is 44.2 Å². The Kier molecular flexibility index (Phi) is 8.02. The maximum Gasteiger partial charge on any atom is 0.277 e. The summed E-state index contributed by atoms with van der Waals surface area (Å²) >= 11 is 0. The van der Waals surface area contributed by atoms with Crippen LogP contribution < -0.4 is 4.74 Å². The summed E-state index contributed by atoms with van der Waals surface area (Å²) < 4.78 is 11.1. The second kappa shape index (κ2) is 10.2. The van der Waals surface area contributed by atoms with Gasteiger partial charge in [-0.25, -0.2) is 0 Å². The zero-order chi connectivity index (χ0) is 20.7. The van der Waals surface area contributed by atoms with Gasteiger partial charge in [0.2, 0.25) is 0 Å². The molecule has 1 aromatic rings. The number of carbonyl (C=O) groups is 2. The van der Waals surface area contributed by atoms with Crippen LogP contribution in [0.3, 0.4) is 0 Å². The van der Waals surface area contributed by atoms with Gasteiger partial charge in [-0.05, 0) is 38.0 Å². The maximum absolute atomic E-state index is 13.0. The normalized spacial score (nSPS) is 14.4. The molecule has 0 saturated carbocycles. The molecule has 0 unspecified atom stereocenters. The third kappa shape index (κ3) is 5.11. The lowest BCUT2D eigenvalue weighted by Crippen LogP contribution is -2.37. The van der Waals surface area contributed by atoms with E-state index in [0.29, 0.717) is 23.4 Å². The van der Waals surface area contributed by atoms with E-state index in [0.717, 1.165) is 12.2 Å². The van der Waals surface area contributed by atoms with Crippen LogP contribution in [0.25, 0.3) is 5.57 Å². The van der Waals surface area contributed by atoms with Gasteiger partial charge in [0.25, 0.3) is 11.8 Å². The van der Waals surface area contributed by atoms with Crippen molar-refractivity contribution in [1.82, 2.24) is 9.80 Å². The number of carbonyl (C=O) groups excluding carboxylic acids is 2. The van der Waals surface area contributed by atoms with Gasteiger partial charge in [-0.3, -0.25) is 14.5 Å². The highest BCUT2D eigenvalue weighted by Crippen LogP contribution is 2.31. The zero-order valence-electron chi connectivity index (χ0n) is 17.1. The molecule has 28 heavy (non-hydrogen) atoms. The Morgan fingerprint density at radius 3 is 2.36 bits per heavy atom. The van der Waals surface area contributed by atoms with Crippen molar-refractivity contribution in [1.29, 1.82) is 0 Å². The fourth-order valence-electron chi connectivity index (χ4n) is 2.96. The Labute approximate surface area is 166 Å². The Hall–Kier alpha value is -2.38. The van der Waals surface area contributed by atoms with Gasteiger partial charge >= 0.3 is 0 Å². The minimum Gasteiger partial charge on any atom is -0.494 e. The van der Waals surface area contributed by atoms with Crippen LogP contribution >= 0.6 is 0 Å². The molecule has 1 heterocycles. The summed E-state index contributed by atoms with van der Waals surface area (Å²) in [5, 5.41) is 9.28. The number of aliphatic hydroxyl groups excluding tert-OH is 1. The third-order valence-corrected chi connectivity index (χ3v) is 4.34. The number of amides is 2. The highest BCUT2D eigenvalue weighted by Gasteiger charge is 2.40. The molecular weight excluding hydrogens is 360 g/mol. The summed E-state index contributed by atoms with van der Waals surface area (Å²) in [6.07, 6.45) is 0.927. The van der Waals surface area contributed by atoms with Crippen molar-refractivity contribution in [2.45, 2.75) is 33.3 Å². The maximum atomic E-state index is 13.0. The molecule has 0 radical (unpaired) electrons. The zero-order valence-corrected chi connectivity index (χ0v) is 17.1. The van der Waals surface area contributed by atoms with Gasteiger partial charge in [-0.2, -0.15) is 0 Å². The molecule has 7 heteroatoms. The molecule has 154 valence electrons. The first-order valence-corrected chi connectivity index (χ1v) is 9.68. The molecule has 1 aromatic carbocycles. The first kappa shape index (κ1) is 21.9. The Bertz CT molecular complexity index is 712. The lowest BCUT2D eigenvalue weighted by Gasteiger charge is -2.20. The predicted molar refractivity (Wildman–Crippen MR) is 107 cm³/mol. The Balaban J connectivity index is 2.31. The summed E-state index contributed by atoms with van der Waals surface area (Å²) in [5.41, 5.74) is 1.28. The average Bonchev–Trinajstić information content (AvgIpc) is 2.91. The first-order valence-electron chi connectivity index (χ1n) is 9.68. The van der Waals surface area contributed by atoms with E-state index in [9.17, 15) is 14.7 Å². The van der Waals surface area contributed by atoms with Crippen LogP contribution in [0.5, 0.6) is 5.75 Å². The molecule has 1 N–H and O–H groups in total. The van der Waals surface area contributed by atoms with Gasteiger partial charge in [-0.1, -0.05) is 19.1 Å². The van der Waals surface area contributed by atoms with Gasteiger partial charge in [0.05, 0.1) is 38.0 Å². The number of hydrogen-bond acceptors (Lipinski definition) is 6. The second-order valence-corrected chi connectivity index (χ2v) is 6.92. The number of hydrogen-bond donors (Lipinski definition) is 1. The van der Waals surface area contributed by atoms with E-state index in [1.807, 2.05) is 20.8 Å². The van der Waals surface area contributed by atoms with Gasteiger partial charge in [0.1, 0.15) is 11.4 Å². The quantitative estimate of drug-likeness (QED) is 0.582. The van der Waals surface area contributed by atoms with Crippen molar-refractivity contribution in [2.75, 3.05) is 40.0 Å². The van der Waals surface area contributed by atoms with Crippen molar-refractivity contribution >= 4 is 17.4 Å². The number of benzene rings is 1. The molecule has 0 fully saturated rings. The molecule has 1 aliphatic rings. The molecule has 0 bridgehead atoms. The van der Waals surface area contributed by atoms with E-state index >= 15 is 0 Å². The number of aliphatic hydroxyl groups is 1. The van der Waals surface area contributed by atoms with Gasteiger partial charge in [-0.15, -0.1) is 0 Å². The summed E-state index contributed by atoms with van der Waals surface area (Å²) in [6.45, 7) is 7.06. The first-order chi connectivity index (χ1) is 13.4. The summed E-state index contributed by atoms with van der Waals surface area (Å²) in [7, 11) is 1.70. The molecule has 0 spiro atoms. The summed E-state index contributed by atoms with van der Waals surface area (Å²) in [6, 6.07) is 7.16. The van der Waals surface area contributed by atoms with Crippen LogP contribution in [0.15, 0.2) is 30.0 Å². The molecule has 2 rings (SSSR count). The third-order valence-electron chi connectivity index (χ3n) is 4.34. The number of imide groups is 1. The fourth-order valence-corrected chi connectivity index (χ4v) is 2.96.